The largest absolute Gasteiger partial charge is 0.367 e. The van der Waals surface area contributed by atoms with Gasteiger partial charge in [-0.1, -0.05) is 6.42 Å². The molecule has 0 spiro atoms. The van der Waals surface area contributed by atoms with E-state index in [0.717, 1.165) is 50.9 Å². The van der Waals surface area contributed by atoms with Crippen molar-refractivity contribution < 1.29 is 4.79 Å². The maximum absolute atomic E-state index is 12.5. The summed E-state index contributed by atoms with van der Waals surface area (Å²) in [5.41, 5.74) is 6.94. The van der Waals surface area contributed by atoms with Crippen LogP contribution in [0.25, 0.3) is 0 Å². The Morgan fingerprint density at radius 3 is 3.00 bits per heavy atom. The maximum atomic E-state index is 12.5. The lowest BCUT2D eigenvalue weighted by Gasteiger charge is -2.34. The number of nitrogens with zero attached hydrogens (tertiary/aromatic N) is 3. The van der Waals surface area contributed by atoms with Crippen LogP contribution in [-0.2, 0) is 11.8 Å². The molecule has 3 atom stereocenters. The summed E-state index contributed by atoms with van der Waals surface area (Å²) in [5.74, 6) is 0.711. The van der Waals surface area contributed by atoms with Crippen molar-refractivity contribution in [3.05, 3.63) is 12.4 Å². The molecule has 2 fully saturated rings. The Balaban J connectivity index is 1.57. The monoisotopic (exact) mass is 305 g/mol. The summed E-state index contributed by atoms with van der Waals surface area (Å²) >= 11 is 0. The second-order valence-electron chi connectivity index (χ2n) is 6.70. The highest BCUT2D eigenvalue weighted by molar-refractivity contribution is 5.79. The summed E-state index contributed by atoms with van der Waals surface area (Å²) in [6.07, 6.45) is 9.31. The average molecular weight is 305 g/mol. The molecule has 3 N–H and O–H groups in total. The number of carbonyl (C=O) groups is 1. The Hall–Kier alpha value is -1.56. The van der Waals surface area contributed by atoms with E-state index in [2.05, 4.69) is 15.3 Å². The van der Waals surface area contributed by atoms with Crippen molar-refractivity contribution in [3.63, 3.8) is 0 Å². The van der Waals surface area contributed by atoms with Crippen molar-refractivity contribution in [1.82, 2.24) is 15.1 Å². The third kappa shape index (κ3) is 3.27. The molecule has 6 heteroatoms. The first-order valence-electron chi connectivity index (χ1n) is 8.41. The van der Waals surface area contributed by atoms with Gasteiger partial charge in [0.2, 0.25) is 5.91 Å². The molecule has 1 saturated carbocycles. The SMILES string of the molecule is Cn1cc(N2CCCC(NC(=O)[C@@H]3CCC[C@@H]3CN)C2)cn1. The fraction of sp³-hybridized carbons (Fsp3) is 0.750. The minimum Gasteiger partial charge on any atom is -0.367 e. The molecule has 0 aromatic carbocycles. The lowest BCUT2D eigenvalue weighted by molar-refractivity contribution is -0.126. The second kappa shape index (κ2) is 6.69. The van der Waals surface area contributed by atoms with Gasteiger partial charge in [-0.15, -0.1) is 0 Å². The number of piperidine rings is 1. The Kier molecular flexibility index (Phi) is 4.66. The average Bonchev–Trinajstić information content (AvgIpc) is 3.16. The van der Waals surface area contributed by atoms with Gasteiger partial charge in [-0.2, -0.15) is 5.10 Å². The molecule has 3 rings (SSSR count). The first-order chi connectivity index (χ1) is 10.7. The molecule has 1 amide bonds. The molecule has 122 valence electrons. The van der Waals surface area contributed by atoms with Crippen LogP contribution in [0.3, 0.4) is 0 Å². The summed E-state index contributed by atoms with van der Waals surface area (Å²) in [6.45, 7) is 2.54. The van der Waals surface area contributed by atoms with Crippen molar-refractivity contribution in [3.8, 4) is 0 Å². The zero-order valence-corrected chi connectivity index (χ0v) is 13.4. The molecule has 1 aliphatic carbocycles. The van der Waals surface area contributed by atoms with E-state index < -0.39 is 0 Å². The standard InChI is InChI=1S/C16H27N5O/c1-20-11-14(9-18-20)21-7-3-5-13(10-21)19-16(22)15-6-2-4-12(15)8-17/h9,11-13,15H,2-8,10,17H2,1H3,(H,19,22)/t12-,13?,15-/m1/s1. The van der Waals surface area contributed by atoms with Crippen LogP contribution in [0.2, 0.25) is 0 Å². The van der Waals surface area contributed by atoms with Crippen molar-refractivity contribution in [2.45, 2.75) is 38.1 Å². The predicted molar refractivity (Wildman–Crippen MR) is 86.5 cm³/mol. The molecule has 22 heavy (non-hydrogen) atoms. The normalized spacial score (nSPS) is 28.8. The van der Waals surface area contributed by atoms with Crippen LogP contribution < -0.4 is 16.0 Å². The maximum Gasteiger partial charge on any atom is 0.223 e. The molecule has 2 heterocycles. The molecule has 1 saturated heterocycles. The summed E-state index contributed by atoms with van der Waals surface area (Å²) < 4.78 is 1.82. The fourth-order valence-corrected chi connectivity index (χ4v) is 3.87. The van der Waals surface area contributed by atoms with E-state index in [4.69, 9.17) is 5.73 Å². The lowest BCUT2D eigenvalue weighted by atomic mass is 9.94. The van der Waals surface area contributed by atoms with Gasteiger partial charge in [0.1, 0.15) is 0 Å². The fourth-order valence-electron chi connectivity index (χ4n) is 3.87. The van der Waals surface area contributed by atoms with Gasteiger partial charge in [-0.05, 0) is 38.1 Å². The number of rotatable bonds is 4. The number of nitrogens with one attached hydrogen (secondary N) is 1. The summed E-state index contributed by atoms with van der Waals surface area (Å²) in [5, 5.41) is 7.50. The van der Waals surface area contributed by atoms with E-state index in [9.17, 15) is 4.79 Å². The van der Waals surface area contributed by atoms with Crippen LogP contribution >= 0.6 is 0 Å². The summed E-state index contributed by atoms with van der Waals surface area (Å²) in [7, 11) is 1.93. The van der Waals surface area contributed by atoms with Gasteiger partial charge in [0, 0.05) is 38.3 Å². The molecule has 2 aliphatic rings. The van der Waals surface area contributed by atoms with Crippen LogP contribution in [0, 0.1) is 11.8 Å². The zero-order valence-electron chi connectivity index (χ0n) is 13.4. The van der Waals surface area contributed by atoms with Crippen molar-refractivity contribution >= 4 is 11.6 Å². The third-order valence-electron chi connectivity index (χ3n) is 5.12. The first kappa shape index (κ1) is 15.3. The molecule has 6 nitrogen and oxygen atoms in total. The number of carbonyl (C=O) groups excluding carboxylic acids is 1. The minimum atomic E-state index is 0.124. The number of nitrogens with two attached hydrogens (primary N) is 1. The summed E-state index contributed by atoms with van der Waals surface area (Å²) in [6, 6.07) is 0.237. The van der Waals surface area contributed by atoms with Crippen LogP contribution in [0.5, 0.6) is 0 Å². The Morgan fingerprint density at radius 1 is 1.41 bits per heavy atom. The van der Waals surface area contributed by atoms with Crippen LogP contribution in [0.4, 0.5) is 5.69 Å². The predicted octanol–water partition coefficient (Wildman–Crippen LogP) is 0.880. The third-order valence-corrected chi connectivity index (χ3v) is 5.12. The van der Waals surface area contributed by atoms with Gasteiger partial charge in [-0.3, -0.25) is 9.48 Å². The molecule has 0 radical (unpaired) electrons. The van der Waals surface area contributed by atoms with E-state index in [0.29, 0.717) is 12.5 Å². The number of hydrogen-bond acceptors (Lipinski definition) is 4. The first-order valence-corrected chi connectivity index (χ1v) is 8.41. The van der Waals surface area contributed by atoms with Gasteiger partial charge in [0.15, 0.2) is 0 Å². The summed E-state index contributed by atoms with van der Waals surface area (Å²) in [4.78, 5) is 14.8. The van der Waals surface area contributed by atoms with Crippen molar-refractivity contribution in [2.24, 2.45) is 24.6 Å². The highest BCUT2D eigenvalue weighted by Gasteiger charge is 2.33. The lowest BCUT2D eigenvalue weighted by Crippen LogP contribution is -2.50. The Morgan fingerprint density at radius 2 is 2.27 bits per heavy atom. The van der Waals surface area contributed by atoms with Crippen molar-refractivity contribution in [2.75, 3.05) is 24.5 Å². The van der Waals surface area contributed by atoms with E-state index in [-0.39, 0.29) is 17.9 Å². The van der Waals surface area contributed by atoms with Crippen LogP contribution in [-0.4, -0.2) is 41.4 Å². The minimum absolute atomic E-state index is 0.124. The number of hydrogen-bond donors (Lipinski definition) is 2. The number of anilines is 1. The quantitative estimate of drug-likeness (QED) is 0.866. The molecule has 1 aromatic rings. The molecular formula is C16H27N5O. The zero-order chi connectivity index (χ0) is 15.5. The van der Waals surface area contributed by atoms with E-state index in [1.807, 2.05) is 24.1 Å². The van der Waals surface area contributed by atoms with Gasteiger partial charge < -0.3 is 16.0 Å². The topological polar surface area (TPSA) is 76.2 Å². The van der Waals surface area contributed by atoms with Gasteiger partial charge in [0.05, 0.1) is 11.9 Å². The van der Waals surface area contributed by atoms with Crippen molar-refractivity contribution in [1.29, 1.82) is 0 Å². The van der Waals surface area contributed by atoms with Crippen LogP contribution in [0.1, 0.15) is 32.1 Å². The Labute approximate surface area is 132 Å². The number of aryl methyl sites for hydroxylation is 1. The molecule has 0 bridgehead atoms. The van der Waals surface area contributed by atoms with Gasteiger partial charge >= 0.3 is 0 Å². The molecule has 1 unspecified atom stereocenters. The van der Waals surface area contributed by atoms with E-state index >= 15 is 0 Å². The number of amides is 1. The highest BCUT2D eigenvalue weighted by atomic mass is 16.2. The second-order valence-corrected chi connectivity index (χ2v) is 6.70. The van der Waals surface area contributed by atoms with Crippen LogP contribution in [0.15, 0.2) is 12.4 Å². The van der Waals surface area contributed by atoms with Gasteiger partial charge in [0.25, 0.3) is 0 Å². The Bertz CT molecular complexity index is 514. The number of aromatic nitrogens is 2. The molecule has 1 aliphatic heterocycles. The molecule has 1 aromatic heterocycles. The smallest absolute Gasteiger partial charge is 0.223 e. The van der Waals surface area contributed by atoms with E-state index in [1.54, 1.807) is 0 Å². The van der Waals surface area contributed by atoms with E-state index in [1.165, 1.54) is 0 Å². The highest BCUT2D eigenvalue weighted by Crippen LogP contribution is 2.31. The molecular weight excluding hydrogens is 278 g/mol. The van der Waals surface area contributed by atoms with Gasteiger partial charge in [-0.25, -0.2) is 0 Å².